The van der Waals surface area contributed by atoms with Crippen LogP contribution in [0.25, 0.3) is 0 Å². The van der Waals surface area contributed by atoms with Crippen molar-refractivity contribution in [2.75, 3.05) is 30.5 Å². The van der Waals surface area contributed by atoms with Crippen LogP contribution in [0, 0.1) is 6.92 Å². The summed E-state index contributed by atoms with van der Waals surface area (Å²) < 4.78 is 5.39. The summed E-state index contributed by atoms with van der Waals surface area (Å²) in [6, 6.07) is 0. The molecule has 17 heavy (non-hydrogen) atoms. The molecule has 96 valence electrons. The molecule has 0 atom stereocenters. The Morgan fingerprint density at radius 3 is 2.94 bits per heavy atom. The summed E-state index contributed by atoms with van der Waals surface area (Å²) in [6.07, 6.45) is 3.75. The van der Waals surface area contributed by atoms with Gasteiger partial charge in [-0.1, -0.05) is 6.92 Å². The second-order valence-corrected chi connectivity index (χ2v) is 3.76. The predicted molar refractivity (Wildman–Crippen MR) is 68.8 cm³/mol. The highest BCUT2D eigenvalue weighted by Crippen LogP contribution is 2.11. The highest BCUT2D eigenvalue weighted by molar-refractivity contribution is 5.45. The Morgan fingerprint density at radius 1 is 1.41 bits per heavy atom. The Bertz CT molecular complexity index is 332. The summed E-state index contributed by atoms with van der Waals surface area (Å²) in [5.74, 6) is 6.48. The van der Waals surface area contributed by atoms with Crippen molar-refractivity contribution in [1.29, 1.82) is 0 Å². The molecule has 0 aliphatic carbocycles. The number of nitrogens with two attached hydrogens (primary N) is 1. The maximum Gasteiger partial charge on any atom is 0.239 e. The number of nitrogens with one attached hydrogen (secondary N) is 2. The largest absolute Gasteiger partial charge is 0.381 e. The fourth-order valence-corrected chi connectivity index (χ4v) is 1.32. The van der Waals surface area contributed by atoms with Gasteiger partial charge in [0.2, 0.25) is 5.95 Å². The molecule has 6 heteroatoms. The van der Waals surface area contributed by atoms with Gasteiger partial charge >= 0.3 is 0 Å². The number of nitrogens with zero attached hydrogens (tertiary/aromatic N) is 2. The van der Waals surface area contributed by atoms with Crippen LogP contribution in [0.1, 0.15) is 25.3 Å². The Labute approximate surface area is 102 Å². The first-order valence-electron chi connectivity index (χ1n) is 5.89. The van der Waals surface area contributed by atoms with E-state index < -0.39 is 0 Å². The number of ether oxygens (including phenoxy) is 1. The van der Waals surface area contributed by atoms with Gasteiger partial charge in [-0.05, 0) is 19.8 Å². The molecule has 0 radical (unpaired) electrons. The number of anilines is 2. The summed E-state index contributed by atoms with van der Waals surface area (Å²) in [4.78, 5) is 8.24. The number of aromatic nitrogens is 2. The highest BCUT2D eigenvalue weighted by atomic mass is 16.5. The van der Waals surface area contributed by atoms with E-state index in [1.807, 2.05) is 6.92 Å². The normalized spacial score (nSPS) is 10.3. The molecule has 1 aromatic heterocycles. The van der Waals surface area contributed by atoms with Gasteiger partial charge in [0.1, 0.15) is 5.82 Å². The minimum Gasteiger partial charge on any atom is -0.381 e. The van der Waals surface area contributed by atoms with Gasteiger partial charge in [0.25, 0.3) is 0 Å². The van der Waals surface area contributed by atoms with Crippen LogP contribution in [0.15, 0.2) is 6.20 Å². The third kappa shape index (κ3) is 4.97. The molecule has 0 amide bonds. The van der Waals surface area contributed by atoms with Crippen LogP contribution in [0.5, 0.6) is 0 Å². The quantitative estimate of drug-likeness (QED) is 0.360. The van der Waals surface area contributed by atoms with Crippen molar-refractivity contribution >= 4 is 11.8 Å². The van der Waals surface area contributed by atoms with Crippen molar-refractivity contribution in [1.82, 2.24) is 9.97 Å². The molecule has 0 aromatic carbocycles. The van der Waals surface area contributed by atoms with Gasteiger partial charge in [-0.15, -0.1) is 0 Å². The summed E-state index contributed by atoms with van der Waals surface area (Å²) in [5.41, 5.74) is 3.42. The average Bonchev–Trinajstić information content (AvgIpc) is 2.35. The Morgan fingerprint density at radius 2 is 2.24 bits per heavy atom. The Kier molecular flexibility index (Phi) is 6.27. The van der Waals surface area contributed by atoms with E-state index >= 15 is 0 Å². The smallest absolute Gasteiger partial charge is 0.239 e. The van der Waals surface area contributed by atoms with E-state index in [9.17, 15) is 0 Å². The molecular formula is C11H21N5O. The van der Waals surface area contributed by atoms with E-state index in [0.29, 0.717) is 5.95 Å². The van der Waals surface area contributed by atoms with Crippen molar-refractivity contribution in [2.24, 2.45) is 5.84 Å². The monoisotopic (exact) mass is 239 g/mol. The van der Waals surface area contributed by atoms with Gasteiger partial charge in [0, 0.05) is 31.5 Å². The predicted octanol–water partition coefficient (Wildman–Crippen LogP) is 1.30. The number of hydrazine groups is 1. The van der Waals surface area contributed by atoms with E-state index in [1.54, 1.807) is 6.20 Å². The van der Waals surface area contributed by atoms with E-state index in [0.717, 1.165) is 44.0 Å². The molecule has 0 unspecified atom stereocenters. The molecule has 1 aromatic rings. The van der Waals surface area contributed by atoms with Gasteiger partial charge in [-0.3, -0.25) is 5.43 Å². The lowest BCUT2D eigenvalue weighted by atomic mass is 10.3. The lowest BCUT2D eigenvalue weighted by molar-refractivity contribution is 0.134. The first kappa shape index (κ1) is 13.7. The minimum absolute atomic E-state index is 0.417. The molecular weight excluding hydrogens is 218 g/mol. The number of hydrogen-bond acceptors (Lipinski definition) is 6. The topological polar surface area (TPSA) is 85.1 Å². The van der Waals surface area contributed by atoms with Gasteiger partial charge < -0.3 is 10.1 Å². The fraction of sp³-hybridized carbons (Fsp3) is 0.636. The summed E-state index contributed by atoms with van der Waals surface area (Å²) >= 11 is 0. The summed E-state index contributed by atoms with van der Waals surface area (Å²) in [6.45, 7) is 6.48. The maximum absolute atomic E-state index is 5.39. The second-order valence-electron chi connectivity index (χ2n) is 3.76. The van der Waals surface area contributed by atoms with Crippen molar-refractivity contribution in [3.05, 3.63) is 11.8 Å². The van der Waals surface area contributed by atoms with Gasteiger partial charge in [-0.2, -0.15) is 4.98 Å². The molecule has 0 saturated heterocycles. The van der Waals surface area contributed by atoms with Crippen molar-refractivity contribution in [2.45, 2.75) is 26.7 Å². The number of aryl methyl sites for hydroxylation is 1. The highest BCUT2D eigenvalue weighted by Gasteiger charge is 2.01. The second kappa shape index (κ2) is 7.81. The number of rotatable bonds is 8. The van der Waals surface area contributed by atoms with Crippen LogP contribution in [0.4, 0.5) is 11.8 Å². The minimum atomic E-state index is 0.417. The molecule has 0 bridgehead atoms. The average molecular weight is 239 g/mol. The number of hydrogen-bond donors (Lipinski definition) is 3. The maximum atomic E-state index is 5.39. The standard InChI is InChI=1S/C11H21N5O/c1-3-6-17-7-4-5-13-10-9(2)8-14-11(15-10)16-12/h8H,3-7,12H2,1-2H3,(H2,13,14,15,16). The van der Waals surface area contributed by atoms with Crippen LogP contribution in [0.2, 0.25) is 0 Å². The third-order valence-electron chi connectivity index (χ3n) is 2.21. The fourth-order valence-electron chi connectivity index (χ4n) is 1.32. The van der Waals surface area contributed by atoms with E-state index in [-0.39, 0.29) is 0 Å². The van der Waals surface area contributed by atoms with Crippen LogP contribution < -0.4 is 16.6 Å². The van der Waals surface area contributed by atoms with Crippen molar-refractivity contribution in [3.8, 4) is 0 Å². The molecule has 0 saturated carbocycles. The molecule has 1 heterocycles. The van der Waals surface area contributed by atoms with Crippen LogP contribution in [-0.2, 0) is 4.74 Å². The zero-order valence-electron chi connectivity index (χ0n) is 10.5. The number of nitrogen functional groups attached to an aromatic ring is 1. The zero-order valence-corrected chi connectivity index (χ0v) is 10.5. The molecule has 0 aliphatic heterocycles. The Balaban J connectivity index is 2.30. The Hall–Kier alpha value is -1.40. The van der Waals surface area contributed by atoms with E-state index in [4.69, 9.17) is 10.6 Å². The summed E-state index contributed by atoms with van der Waals surface area (Å²) in [7, 11) is 0. The molecule has 0 fully saturated rings. The van der Waals surface area contributed by atoms with Crippen LogP contribution in [0.3, 0.4) is 0 Å². The van der Waals surface area contributed by atoms with Gasteiger partial charge in [0.15, 0.2) is 0 Å². The zero-order chi connectivity index (χ0) is 12.5. The van der Waals surface area contributed by atoms with E-state index in [1.165, 1.54) is 0 Å². The SMILES string of the molecule is CCCOCCCNc1nc(NN)ncc1C. The van der Waals surface area contributed by atoms with Gasteiger partial charge in [-0.25, -0.2) is 10.8 Å². The van der Waals surface area contributed by atoms with Crippen LogP contribution in [-0.4, -0.2) is 29.7 Å². The summed E-state index contributed by atoms with van der Waals surface area (Å²) in [5, 5.41) is 3.24. The van der Waals surface area contributed by atoms with E-state index in [2.05, 4.69) is 27.6 Å². The molecule has 4 N–H and O–H groups in total. The molecule has 0 spiro atoms. The third-order valence-corrected chi connectivity index (χ3v) is 2.21. The molecule has 0 aliphatic rings. The first-order valence-corrected chi connectivity index (χ1v) is 5.89. The molecule has 1 rings (SSSR count). The molecule has 6 nitrogen and oxygen atoms in total. The van der Waals surface area contributed by atoms with Crippen molar-refractivity contribution < 1.29 is 4.74 Å². The lowest BCUT2D eigenvalue weighted by Gasteiger charge is -2.09. The van der Waals surface area contributed by atoms with Crippen LogP contribution >= 0.6 is 0 Å². The first-order chi connectivity index (χ1) is 8.27. The van der Waals surface area contributed by atoms with Gasteiger partial charge in [0.05, 0.1) is 0 Å². The lowest BCUT2D eigenvalue weighted by Crippen LogP contribution is -2.13. The van der Waals surface area contributed by atoms with Crippen molar-refractivity contribution in [3.63, 3.8) is 0 Å².